The predicted molar refractivity (Wildman–Crippen MR) is 84.6 cm³/mol. The topological polar surface area (TPSA) is 59.5 Å². The Balaban J connectivity index is 2.72. The van der Waals surface area contributed by atoms with Gasteiger partial charge in [-0.15, -0.1) is 5.10 Å². The monoisotopic (exact) mass is 296 g/mol. The van der Waals surface area contributed by atoms with Gasteiger partial charge in [0.25, 0.3) is 0 Å². The van der Waals surface area contributed by atoms with Gasteiger partial charge in [-0.2, -0.15) is 5.10 Å². The molecular weight excluding hydrogens is 268 g/mol. The van der Waals surface area contributed by atoms with E-state index in [1.165, 1.54) is 0 Å². The van der Waals surface area contributed by atoms with Crippen molar-refractivity contribution in [2.45, 2.75) is 39.4 Å². The summed E-state index contributed by atoms with van der Waals surface area (Å²) in [6.07, 6.45) is 0. The number of nitrogens with one attached hydrogen (secondary N) is 1. The second kappa shape index (κ2) is 9.65. The maximum Gasteiger partial charge on any atom is 0.151 e. The average molecular weight is 296 g/mol. The van der Waals surface area contributed by atoms with Crippen LogP contribution in [0.2, 0.25) is 0 Å². The maximum absolute atomic E-state index is 5.23. The second-order valence-corrected chi connectivity index (χ2v) is 5.41. The average Bonchev–Trinajstić information content (AvgIpc) is 2.47. The number of rotatable bonds is 10. The lowest BCUT2D eigenvalue weighted by Crippen LogP contribution is -2.39. The van der Waals surface area contributed by atoms with Gasteiger partial charge in [0, 0.05) is 33.4 Å². The van der Waals surface area contributed by atoms with Gasteiger partial charge in [-0.05, 0) is 19.1 Å². The summed E-state index contributed by atoms with van der Waals surface area (Å²) < 4.78 is 10.4. The van der Waals surface area contributed by atoms with Crippen LogP contribution in [0.3, 0.4) is 0 Å². The zero-order valence-corrected chi connectivity index (χ0v) is 13.8. The molecule has 0 aliphatic carbocycles. The molecule has 0 radical (unpaired) electrons. The second-order valence-electron chi connectivity index (χ2n) is 5.41. The van der Waals surface area contributed by atoms with Crippen LogP contribution in [0.15, 0.2) is 12.1 Å². The van der Waals surface area contributed by atoms with Gasteiger partial charge >= 0.3 is 0 Å². The summed E-state index contributed by atoms with van der Waals surface area (Å²) in [6.45, 7) is 9.11. The molecule has 0 aliphatic heterocycles. The van der Waals surface area contributed by atoms with Crippen molar-refractivity contribution in [3.63, 3.8) is 0 Å². The Labute approximate surface area is 127 Å². The van der Waals surface area contributed by atoms with Crippen molar-refractivity contribution in [1.82, 2.24) is 15.5 Å². The van der Waals surface area contributed by atoms with Crippen molar-refractivity contribution in [2.24, 2.45) is 0 Å². The van der Waals surface area contributed by atoms with Crippen LogP contribution < -0.4 is 10.2 Å². The smallest absolute Gasteiger partial charge is 0.151 e. The number of methoxy groups -OCH3 is 2. The molecule has 0 spiro atoms. The van der Waals surface area contributed by atoms with Crippen LogP contribution in [0.5, 0.6) is 0 Å². The molecule has 120 valence electrons. The lowest BCUT2D eigenvalue weighted by molar-refractivity contribution is 0.170. The molecule has 0 amide bonds. The Hall–Kier alpha value is -1.24. The summed E-state index contributed by atoms with van der Waals surface area (Å²) in [7, 11) is 3.41. The highest BCUT2D eigenvalue weighted by molar-refractivity contribution is 5.38. The van der Waals surface area contributed by atoms with Crippen LogP contribution in [0.4, 0.5) is 5.82 Å². The normalized spacial score (nSPS) is 12.7. The Kier molecular flexibility index (Phi) is 8.19. The van der Waals surface area contributed by atoms with Crippen molar-refractivity contribution < 1.29 is 9.47 Å². The van der Waals surface area contributed by atoms with Gasteiger partial charge in [-0.3, -0.25) is 0 Å². The van der Waals surface area contributed by atoms with Gasteiger partial charge in [0.2, 0.25) is 0 Å². The van der Waals surface area contributed by atoms with Crippen molar-refractivity contribution >= 4 is 5.82 Å². The van der Waals surface area contributed by atoms with Gasteiger partial charge in [0.1, 0.15) is 0 Å². The standard InChI is InChI=1S/C15H28N4O2/c1-12(2)16-10-14-6-7-15(18-17-14)19(8-9-20-4)13(3)11-21-5/h6-7,12-13,16H,8-11H2,1-5H3. The first-order valence-corrected chi connectivity index (χ1v) is 7.39. The number of hydrogen-bond acceptors (Lipinski definition) is 6. The minimum Gasteiger partial charge on any atom is -0.383 e. The molecule has 0 aliphatic rings. The summed E-state index contributed by atoms with van der Waals surface area (Å²) >= 11 is 0. The minimum absolute atomic E-state index is 0.221. The van der Waals surface area contributed by atoms with Crippen LogP contribution in [0, 0.1) is 0 Å². The third kappa shape index (κ3) is 6.37. The summed E-state index contributed by atoms with van der Waals surface area (Å²) in [5.41, 5.74) is 0.943. The summed E-state index contributed by atoms with van der Waals surface area (Å²) in [4.78, 5) is 2.15. The van der Waals surface area contributed by atoms with Gasteiger partial charge in [0.15, 0.2) is 5.82 Å². The predicted octanol–water partition coefficient (Wildman–Crippen LogP) is 1.46. The van der Waals surface area contributed by atoms with Crippen LogP contribution in [-0.2, 0) is 16.0 Å². The largest absolute Gasteiger partial charge is 0.383 e. The molecule has 0 aromatic carbocycles. The van der Waals surface area contributed by atoms with Crippen LogP contribution in [-0.4, -0.2) is 56.3 Å². The molecule has 1 heterocycles. The highest BCUT2D eigenvalue weighted by Gasteiger charge is 2.16. The van der Waals surface area contributed by atoms with E-state index in [4.69, 9.17) is 9.47 Å². The highest BCUT2D eigenvalue weighted by Crippen LogP contribution is 2.13. The molecule has 1 rings (SSSR count). The zero-order chi connectivity index (χ0) is 15.7. The fraction of sp³-hybridized carbons (Fsp3) is 0.733. The Morgan fingerprint density at radius 1 is 1.14 bits per heavy atom. The lowest BCUT2D eigenvalue weighted by Gasteiger charge is -2.29. The SMILES string of the molecule is COCCN(c1ccc(CNC(C)C)nn1)C(C)COC. The molecule has 1 aromatic rings. The van der Waals surface area contributed by atoms with Crippen LogP contribution >= 0.6 is 0 Å². The van der Waals surface area contributed by atoms with E-state index in [2.05, 4.69) is 41.2 Å². The van der Waals surface area contributed by atoms with Gasteiger partial charge in [0.05, 0.1) is 24.9 Å². The number of aromatic nitrogens is 2. The Bertz CT molecular complexity index is 384. The molecule has 0 saturated carbocycles. The summed E-state index contributed by atoms with van der Waals surface area (Å²) in [5, 5.41) is 12.0. The quantitative estimate of drug-likeness (QED) is 0.705. The first-order valence-electron chi connectivity index (χ1n) is 7.39. The highest BCUT2D eigenvalue weighted by atomic mass is 16.5. The van der Waals surface area contributed by atoms with E-state index in [0.717, 1.165) is 24.6 Å². The van der Waals surface area contributed by atoms with Gasteiger partial charge in [-0.1, -0.05) is 13.8 Å². The van der Waals surface area contributed by atoms with Gasteiger partial charge in [-0.25, -0.2) is 0 Å². The molecule has 1 N–H and O–H groups in total. The molecule has 1 unspecified atom stereocenters. The maximum atomic E-state index is 5.23. The molecule has 0 fully saturated rings. The summed E-state index contributed by atoms with van der Waals surface area (Å²) in [5.74, 6) is 0.852. The molecule has 1 aromatic heterocycles. The van der Waals surface area contributed by atoms with Crippen molar-refractivity contribution in [3.8, 4) is 0 Å². The molecule has 6 nitrogen and oxygen atoms in total. The zero-order valence-electron chi connectivity index (χ0n) is 13.8. The van der Waals surface area contributed by atoms with Crippen LogP contribution in [0.25, 0.3) is 0 Å². The molecule has 21 heavy (non-hydrogen) atoms. The third-order valence-corrected chi connectivity index (χ3v) is 3.17. The number of ether oxygens (including phenoxy) is 2. The first-order chi connectivity index (χ1) is 10.1. The van der Waals surface area contributed by atoms with E-state index in [-0.39, 0.29) is 6.04 Å². The van der Waals surface area contributed by atoms with E-state index >= 15 is 0 Å². The first kappa shape index (κ1) is 17.8. The summed E-state index contributed by atoms with van der Waals surface area (Å²) in [6, 6.07) is 4.67. The van der Waals surface area contributed by atoms with Crippen LogP contribution in [0.1, 0.15) is 26.5 Å². The molecule has 1 atom stereocenters. The van der Waals surface area contributed by atoms with Crippen molar-refractivity contribution in [2.75, 3.05) is 38.9 Å². The van der Waals surface area contributed by atoms with E-state index in [0.29, 0.717) is 19.3 Å². The fourth-order valence-corrected chi connectivity index (χ4v) is 1.99. The van der Waals surface area contributed by atoms with E-state index in [1.54, 1.807) is 14.2 Å². The molecule has 0 bridgehead atoms. The third-order valence-electron chi connectivity index (χ3n) is 3.17. The van der Waals surface area contributed by atoms with E-state index < -0.39 is 0 Å². The molecule has 0 saturated heterocycles. The van der Waals surface area contributed by atoms with Crippen molar-refractivity contribution in [3.05, 3.63) is 17.8 Å². The molecular formula is C15H28N4O2. The van der Waals surface area contributed by atoms with Gasteiger partial charge < -0.3 is 19.7 Å². The lowest BCUT2D eigenvalue weighted by atomic mass is 10.2. The fourth-order valence-electron chi connectivity index (χ4n) is 1.99. The van der Waals surface area contributed by atoms with E-state index in [1.807, 2.05) is 12.1 Å². The Morgan fingerprint density at radius 3 is 2.43 bits per heavy atom. The Morgan fingerprint density at radius 2 is 1.90 bits per heavy atom. The van der Waals surface area contributed by atoms with E-state index in [9.17, 15) is 0 Å². The minimum atomic E-state index is 0.221. The van der Waals surface area contributed by atoms with Crippen molar-refractivity contribution in [1.29, 1.82) is 0 Å². The number of anilines is 1. The molecule has 6 heteroatoms. The number of nitrogens with zero attached hydrogens (tertiary/aromatic N) is 3. The number of hydrogen-bond donors (Lipinski definition) is 1.